The largest absolute Gasteiger partial charge is 0.282 e. The molecule has 2 amide bonds. The lowest BCUT2D eigenvalue weighted by atomic mass is 9.82. The molecule has 0 saturated carbocycles. The first kappa shape index (κ1) is 15.0. The summed E-state index contributed by atoms with van der Waals surface area (Å²) in [6, 6.07) is 0. The van der Waals surface area contributed by atoms with Crippen LogP contribution in [-0.4, -0.2) is 23.3 Å². The van der Waals surface area contributed by atoms with Crippen LogP contribution < -0.4 is 0 Å². The highest BCUT2D eigenvalue weighted by molar-refractivity contribution is 6.07. The van der Waals surface area contributed by atoms with Crippen LogP contribution in [0.15, 0.2) is 24.3 Å². The Morgan fingerprint density at radius 1 is 1.15 bits per heavy atom. The van der Waals surface area contributed by atoms with E-state index in [1.54, 1.807) is 0 Å². The van der Waals surface area contributed by atoms with E-state index in [4.69, 9.17) is 0 Å². The van der Waals surface area contributed by atoms with Crippen molar-refractivity contribution < 1.29 is 9.59 Å². The summed E-state index contributed by atoms with van der Waals surface area (Å²) in [7, 11) is 0. The summed E-state index contributed by atoms with van der Waals surface area (Å²) >= 11 is 0. The van der Waals surface area contributed by atoms with Gasteiger partial charge < -0.3 is 0 Å². The maximum absolute atomic E-state index is 12.3. The summed E-state index contributed by atoms with van der Waals surface area (Å²) in [5.74, 6) is -0.477. The summed E-state index contributed by atoms with van der Waals surface area (Å²) in [6.45, 7) is 6.71. The predicted octanol–water partition coefficient (Wildman–Crippen LogP) is 3.46. The van der Waals surface area contributed by atoms with Gasteiger partial charge >= 0.3 is 0 Å². The molecule has 2 rings (SSSR count). The number of allylic oxidation sites excluding steroid dienone is 2. The molecular formula is C17H25NO2. The number of unbranched alkanes of at least 4 members (excludes halogenated alkanes) is 5. The maximum atomic E-state index is 12.3. The molecule has 1 aliphatic carbocycles. The van der Waals surface area contributed by atoms with Crippen molar-refractivity contribution in [1.29, 1.82) is 0 Å². The van der Waals surface area contributed by atoms with Gasteiger partial charge in [0.05, 0.1) is 11.8 Å². The summed E-state index contributed by atoms with van der Waals surface area (Å²) in [5, 5.41) is 0. The van der Waals surface area contributed by atoms with Crippen molar-refractivity contribution in [3.8, 4) is 0 Å². The molecule has 0 bridgehead atoms. The highest BCUT2D eigenvalue weighted by Crippen LogP contribution is 2.37. The Labute approximate surface area is 121 Å². The average molecular weight is 275 g/mol. The van der Waals surface area contributed by atoms with E-state index in [1.165, 1.54) is 30.6 Å². The second-order valence-corrected chi connectivity index (χ2v) is 5.89. The van der Waals surface area contributed by atoms with E-state index in [-0.39, 0.29) is 23.7 Å². The molecule has 110 valence electrons. The number of amides is 2. The van der Waals surface area contributed by atoms with Crippen LogP contribution in [0.2, 0.25) is 0 Å². The Morgan fingerprint density at radius 2 is 1.85 bits per heavy atom. The minimum atomic E-state index is -0.285. The van der Waals surface area contributed by atoms with E-state index in [0.717, 1.165) is 18.4 Å². The zero-order valence-corrected chi connectivity index (χ0v) is 12.4. The van der Waals surface area contributed by atoms with Gasteiger partial charge in [0.2, 0.25) is 11.8 Å². The third-order valence-electron chi connectivity index (χ3n) is 4.37. The lowest BCUT2D eigenvalue weighted by Crippen LogP contribution is -2.32. The van der Waals surface area contributed by atoms with Gasteiger partial charge in [-0.15, -0.1) is 0 Å². The van der Waals surface area contributed by atoms with Gasteiger partial charge in [-0.05, 0) is 18.4 Å². The number of imide groups is 1. The van der Waals surface area contributed by atoms with Crippen LogP contribution in [0.25, 0.3) is 0 Å². The number of carbonyl (C=O) groups excluding carboxylic acids is 2. The number of hydrogen-bond donors (Lipinski definition) is 0. The fourth-order valence-electron chi connectivity index (χ4n) is 3.19. The minimum absolute atomic E-state index is 0.0130. The third-order valence-corrected chi connectivity index (χ3v) is 4.37. The second-order valence-electron chi connectivity index (χ2n) is 5.89. The van der Waals surface area contributed by atoms with Crippen LogP contribution >= 0.6 is 0 Å². The zero-order valence-electron chi connectivity index (χ0n) is 12.4. The lowest BCUT2D eigenvalue weighted by molar-refractivity contribution is -0.139. The van der Waals surface area contributed by atoms with Crippen molar-refractivity contribution in [1.82, 2.24) is 4.90 Å². The summed E-state index contributed by atoms with van der Waals surface area (Å²) in [4.78, 5) is 26.1. The molecule has 0 N–H and O–H groups in total. The number of rotatable bonds is 7. The molecule has 2 unspecified atom stereocenters. The van der Waals surface area contributed by atoms with Gasteiger partial charge in [0.15, 0.2) is 0 Å². The van der Waals surface area contributed by atoms with E-state index < -0.39 is 0 Å². The van der Waals surface area contributed by atoms with Gasteiger partial charge in [-0.2, -0.15) is 0 Å². The third kappa shape index (κ3) is 3.02. The second kappa shape index (κ2) is 6.87. The summed E-state index contributed by atoms with van der Waals surface area (Å²) < 4.78 is 0. The molecule has 20 heavy (non-hydrogen) atoms. The van der Waals surface area contributed by atoms with Gasteiger partial charge in [0.1, 0.15) is 0 Å². The molecular weight excluding hydrogens is 250 g/mol. The number of nitrogens with zero attached hydrogens (tertiary/aromatic N) is 1. The molecule has 1 aliphatic heterocycles. The Bertz CT molecular complexity index is 425. The molecule has 2 aliphatic rings. The number of likely N-dealkylation sites (tertiary alicyclic amines) is 1. The molecule has 0 aromatic heterocycles. The van der Waals surface area contributed by atoms with Crippen LogP contribution in [0, 0.1) is 11.8 Å². The van der Waals surface area contributed by atoms with Crippen LogP contribution in [0.5, 0.6) is 0 Å². The van der Waals surface area contributed by atoms with E-state index in [1.807, 2.05) is 12.2 Å². The smallest absolute Gasteiger partial charge is 0.237 e. The Kier molecular flexibility index (Phi) is 5.16. The van der Waals surface area contributed by atoms with Gasteiger partial charge in [-0.1, -0.05) is 57.8 Å². The van der Waals surface area contributed by atoms with E-state index in [2.05, 4.69) is 13.5 Å². The Balaban J connectivity index is 1.83. The minimum Gasteiger partial charge on any atom is -0.282 e. The lowest BCUT2D eigenvalue weighted by Gasteiger charge is -2.17. The van der Waals surface area contributed by atoms with Gasteiger partial charge in [0.25, 0.3) is 0 Å². The van der Waals surface area contributed by atoms with Gasteiger partial charge in [0, 0.05) is 6.54 Å². The van der Waals surface area contributed by atoms with Crippen molar-refractivity contribution in [2.75, 3.05) is 6.54 Å². The predicted molar refractivity (Wildman–Crippen MR) is 80.0 cm³/mol. The number of hydrogen-bond acceptors (Lipinski definition) is 2. The number of fused-ring (bicyclic) bond motifs is 1. The first-order valence-electron chi connectivity index (χ1n) is 7.87. The van der Waals surface area contributed by atoms with Gasteiger partial charge in [-0.25, -0.2) is 0 Å². The maximum Gasteiger partial charge on any atom is 0.237 e. The van der Waals surface area contributed by atoms with Crippen LogP contribution in [0.1, 0.15) is 51.9 Å². The van der Waals surface area contributed by atoms with Crippen LogP contribution in [0.4, 0.5) is 0 Å². The molecule has 0 aromatic rings. The molecule has 2 atom stereocenters. The van der Waals surface area contributed by atoms with Crippen molar-refractivity contribution in [2.24, 2.45) is 11.8 Å². The molecule has 1 heterocycles. The molecule has 0 spiro atoms. The first-order chi connectivity index (χ1) is 9.66. The topological polar surface area (TPSA) is 37.4 Å². The highest BCUT2D eigenvalue weighted by Gasteiger charge is 2.48. The molecule has 0 aromatic carbocycles. The van der Waals surface area contributed by atoms with Crippen molar-refractivity contribution in [3.05, 3.63) is 24.3 Å². The monoisotopic (exact) mass is 275 g/mol. The normalized spacial score (nSPS) is 25.4. The molecule has 3 nitrogen and oxygen atoms in total. The van der Waals surface area contributed by atoms with E-state index in [0.29, 0.717) is 13.0 Å². The fourth-order valence-corrected chi connectivity index (χ4v) is 3.19. The molecule has 1 saturated heterocycles. The quantitative estimate of drug-likeness (QED) is 0.527. The Morgan fingerprint density at radius 3 is 2.55 bits per heavy atom. The van der Waals surface area contributed by atoms with E-state index >= 15 is 0 Å². The van der Waals surface area contributed by atoms with E-state index in [9.17, 15) is 9.59 Å². The first-order valence-corrected chi connectivity index (χ1v) is 7.87. The molecule has 0 radical (unpaired) electrons. The standard InChI is InChI=1S/C17H25NO2/c1-3-4-5-6-7-8-12-18-16(19)14-11-9-10-13(2)15(14)17(18)20/h9-10,14-15H,2-8,11-12H2,1H3. The Hall–Kier alpha value is -1.38. The highest BCUT2D eigenvalue weighted by atomic mass is 16.2. The van der Waals surface area contributed by atoms with Crippen molar-refractivity contribution in [3.63, 3.8) is 0 Å². The zero-order chi connectivity index (χ0) is 14.5. The average Bonchev–Trinajstić information content (AvgIpc) is 2.68. The molecule has 3 heteroatoms. The summed E-state index contributed by atoms with van der Waals surface area (Å²) in [5.41, 5.74) is 0.796. The SMILES string of the molecule is C=C1C=CCC2C(=O)N(CCCCCCCC)C(=O)C12. The molecule has 1 fully saturated rings. The van der Waals surface area contributed by atoms with Crippen molar-refractivity contribution >= 4 is 11.8 Å². The van der Waals surface area contributed by atoms with Gasteiger partial charge in [-0.3, -0.25) is 14.5 Å². The van der Waals surface area contributed by atoms with Crippen LogP contribution in [-0.2, 0) is 9.59 Å². The number of carbonyl (C=O) groups is 2. The summed E-state index contributed by atoms with van der Waals surface area (Å²) in [6.07, 6.45) is 11.5. The van der Waals surface area contributed by atoms with Crippen molar-refractivity contribution in [2.45, 2.75) is 51.9 Å². The fraction of sp³-hybridized carbons (Fsp3) is 0.647. The van der Waals surface area contributed by atoms with Crippen LogP contribution in [0.3, 0.4) is 0 Å².